The van der Waals surface area contributed by atoms with E-state index in [-0.39, 0.29) is 11.4 Å². The molecule has 0 bridgehead atoms. The van der Waals surface area contributed by atoms with E-state index in [9.17, 15) is 4.79 Å². The van der Waals surface area contributed by atoms with Crippen molar-refractivity contribution in [2.24, 2.45) is 0 Å². The lowest BCUT2D eigenvalue weighted by atomic mass is 9.88. The molecule has 0 aromatic heterocycles. The van der Waals surface area contributed by atoms with Crippen LogP contribution in [0, 0.1) is 0 Å². The van der Waals surface area contributed by atoms with Gasteiger partial charge in [-0.25, -0.2) is 5.43 Å². The van der Waals surface area contributed by atoms with Crippen LogP contribution in [0.25, 0.3) is 0 Å². The zero-order chi connectivity index (χ0) is 14.3. The number of carbonyl (C=O) groups excluding carboxylic acids is 1. The Morgan fingerprint density at radius 3 is 2.26 bits per heavy atom. The summed E-state index contributed by atoms with van der Waals surface area (Å²) in [6.07, 6.45) is 6.30. The summed E-state index contributed by atoms with van der Waals surface area (Å²) in [4.78, 5) is 14.8. The van der Waals surface area contributed by atoms with Gasteiger partial charge in [0.2, 0.25) is 0 Å². The van der Waals surface area contributed by atoms with Gasteiger partial charge >= 0.3 is 0 Å². The Kier molecular flexibility index (Phi) is 3.94. The van der Waals surface area contributed by atoms with Crippen LogP contribution < -0.4 is 5.43 Å². The van der Waals surface area contributed by atoms with E-state index in [0.717, 1.165) is 6.54 Å². The summed E-state index contributed by atoms with van der Waals surface area (Å²) in [5.41, 5.74) is 3.05. The van der Waals surface area contributed by atoms with Gasteiger partial charge in [-0.15, -0.1) is 0 Å². The molecule has 4 nitrogen and oxygen atoms in total. The highest BCUT2D eigenvalue weighted by Gasteiger charge is 2.48. The van der Waals surface area contributed by atoms with E-state index < -0.39 is 5.54 Å². The second kappa shape index (κ2) is 5.06. The van der Waals surface area contributed by atoms with Gasteiger partial charge in [0.25, 0.3) is 5.91 Å². The van der Waals surface area contributed by atoms with E-state index in [1.807, 2.05) is 18.9 Å². The van der Waals surface area contributed by atoms with E-state index >= 15 is 0 Å². The SMILES string of the molecule is CN1C(C)(C)CN(NC2CCCCC2)C(=O)C1(C)C. The van der Waals surface area contributed by atoms with Crippen molar-refractivity contribution < 1.29 is 4.79 Å². The van der Waals surface area contributed by atoms with Crippen LogP contribution in [0.3, 0.4) is 0 Å². The highest BCUT2D eigenvalue weighted by atomic mass is 16.2. The third kappa shape index (κ3) is 2.79. The van der Waals surface area contributed by atoms with Crippen LogP contribution in [-0.2, 0) is 4.79 Å². The Morgan fingerprint density at radius 1 is 1.11 bits per heavy atom. The maximum atomic E-state index is 12.6. The van der Waals surface area contributed by atoms with Crippen molar-refractivity contribution >= 4 is 5.91 Å². The number of hydrogen-bond donors (Lipinski definition) is 1. The topological polar surface area (TPSA) is 35.6 Å². The second-order valence-electron chi connectivity index (χ2n) is 7.29. The van der Waals surface area contributed by atoms with Crippen LogP contribution >= 0.6 is 0 Å². The van der Waals surface area contributed by atoms with Crippen molar-refractivity contribution in [3.8, 4) is 0 Å². The third-order valence-corrected chi connectivity index (χ3v) is 5.00. The number of likely N-dealkylation sites (N-methyl/N-ethyl adjacent to an activating group) is 1. The molecule has 1 N–H and O–H groups in total. The summed E-state index contributed by atoms with van der Waals surface area (Å²) in [7, 11) is 2.05. The molecule has 110 valence electrons. The smallest absolute Gasteiger partial charge is 0.256 e. The zero-order valence-electron chi connectivity index (χ0n) is 13.1. The standard InChI is InChI=1S/C15H29N3O/c1-14(2)11-18(13(19)15(3,4)17(14)5)16-12-9-7-6-8-10-12/h12,16H,6-11H2,1-5H3. The third-order valence-electron chi connectivity index (χ3n) is 5.00. The molecule has 0 atom stereocenters. The molecule has 19 heavy (non-hydrogen) atoms. The van der Waals surface area contributed by atoms with Gasteiger partial charge < -0.3 is 0 Å². The normalized spacial score (nSPS) is 28.7. The van der Waals surface area contributed by atoms with Crippen molar-refractivity contribution in [1.82, 2.24) is 15.3 Å². The van der Waals surface area contributed by atoms with Gasteiger partial charge in [-0.2, -0.15) is 0 Å². The summed E-state index contributed by atoms with van der Waals surface area (Å²) in [5.74, 6) is 0.194. The number of piperazine rings is 1. The molecular weight excluding hydrogens is 238 g/mol. The van der Waals surface area contributed by atoms with Crippen LogP contribution in [0.4, 0.5) is 0 Å². The van der Waals surface area contributed by atoms with Crippen LogP contribution in [0.1, 0.15) is 59.8 Å². The van der Waals surface area contributed by atoms with Crippen molar-refractivity contribution in [1.29, 1.82) is 0 Å². The minimum absolute atomic E-state index is 0.000916. The quantitative estimate of drug-likeness (QED) is 0.833. The molecule has 2 rings (SSSR count). The Morgan fingerprint density at radius 2 is 1.68 bits per heavy atom. The van der Waals surface area contributed by atoms with Gasteiger partial charge in [0, 0.05) is 11.6 Å². The summed E-state index contributed by atoms with van der Waals surface area (Å²) in [5, 5.41) is 1.88. The van der Waals surface area contributed by atoms with E-state index in [1.165, 1.54) is 32.1 Å². The Labute approximate surface area is 117 Å². The van der Waals surface area contributed by atoms with Crippen LogP contribution in [-0.4, -0.2) is 46.5 Å². The number of carbonyl (C=O) groups is 1. The molecule has 1 heterocycles. The maximum absolute atomic E-state index is 12.6. The zero-order valence-corrected chi connectivity index (χ0v) is 13.1. The molecule has 1 amide bonds. The average Bonchev–Trinajstić information content (AvgIpc) is 2.35. The van der Waals surface area contributed by atoms with Gasteiger partial charge in [-0.05, 0) is 47.6 Å². The van der Waals surface area contributed by atoms with Crippen molar-refractivity contribution in [2.75, 3.05) is 13.6 Å². The first kappa shape index (κ1) is 14.8. The van der Waals surface area contributed by atoms with Gasteiger partial charge in [0.15, 0.2) is 0 Å². The highest BCUT2D eigenvalue weighted by Crippen LogP contribution is 2.31. The molecule has 1 saturated carbocycles. The molecule has 0 aromatic rings. The number of nitrogens with one attached hydrogen (secondary N) is 1. The lowest BCUT2D eigenvalue weighted by Gasteiger charge is -2.54. The minimum Gasteiger partial charge on any atom is -0.286 e. The lowest BCUT2D eigenvalue weighted by Crippen LogP contribution is -2.72. The fourth-order valence-corrected chi connectivity index (χ4v) is 3.35. The van der Waals surface area contributed by atoms with E-state index in [1.54, 1.807) is 0 Å². The van der Waals surface area contributed by atoms with Gasteiger partial charge in [-0.3, -0.25) is 14.7 Å². The molecule has 1 aliphatic carbocycles. The predicted molar refractivity (Wildman–Crippen MR) is 77.6 cm³/mol. The molecule has 0 aromatic carbocycles. The van der Waals surface area contributed by atoms with Gasteiger partial charge in [-0.1, -0.05) is 19.3 Å². The van der Waals surface area contributed by atoms with Crippen LogP contribution in [0.15, 0.2) is 0 Å². The summed E-state index contributed by atoms with van der Waals surface area (Å²) < 4.78 is 0. The molecule has 1 saturated heterocycles. The molecule has 1 aliphatic heterocycles. The number of nitrogens with zero attached hydrogens (tertiary/aromatic N) is 2. The molecule has 0 unspecified atom stereocenters. The Bertz CT molecular complexity index is 345. The van der Waals surface area contributed by atoms with Gasteiger partial charge in [0.05, 0.1) is 12.1 Å². The van der Waals surface area contributed by atoms with Gasteiger partial charge in [0.1, 0.15) is 0 Å². The molecular formula is C15H29N3O. The van der Waals surface area contributed by atoms with E-state index in [2.05, 4.69) is 31.2 Å². The number of amides is 1. The fraction of sp³-hybridized carbons (Fsp3) is 0.933. The monoisotopic (exact) mass is 267 g/mol. The summed E-state index contributed by atoms with van der Waals surface area (Å²) >= 11 is 0. The first-order chi connectivity index (χ1) is 8.75. The van der Waals surface area contributed by atoms with Crippen molar-refractivity contribution in [3.05, 3.63) is 0 Å². The van der Waals surface area contributed by atoms with Crippen molar-refractivity contribution in [3.63, 3.8) is 0 Å². The molecule has 0 radical (unpaired) electrons. The number of rotatable bonds is 2. The first-order valence-corrected chi connectivity index (χ1v) is 7.57. The summed E-state index contributed by atoms with van der Waals surface area (Å²) in [6.45, 7) is 9.20. The van der Waals surface area contributed by atoms with E-state index in [0.29, 0.717) is 6.04 Å². The van der Waals surface area contributed by atoms with Crippen molar-refractivity contribution in [2.45, 2.75) is 76.9 Å². The second-order valence-corrected chi connectivity index (χ2v) is 7.29. The highest BCUT2D eigenvalue weighted by molar-refractivity contribution is 5.86. The predicted octanol–water partition coefficient (Wildman–Crippen LogP) is 2.15. The first-order valence-electron chi connectivity index (χ1n) is 7.57. The maximum Gasteiger partial charge on any atom is 0.256 e. The largest absolute Gasteiger partial charge is 0.286 e. The molecule has 2 aliphatic rings. The van der Waals surface area contributed by atoms with Crippen LogP contribution in [0.2, 0.25) is 0 Å². The Balaban J connectivity index is 2.09. The molecule has 0 spiro atoms. The molecule has 2 fully saturated rings. The number of hydrazine groups is 1. The fourth-order valence-electron chi connectivity index (χ4n) is 3.35. The number of hydrogen-bond acceptors (Lipinski definition) is 3. The summed E-state index contributed by atoms with van der Waals surface area (Å²) in [6, 6.07) is 0.479. The minimum atomic E-state index is -0.441. The van der Waals surface area contributed by atoms with E-state index in [4.69, 9.17) is 0 Å². The molecule has 4 heteroatoms. The average molecular weight is 267 g/mol. The van der Waals surface area contributed by atoms with Crippen LogP contribution in [0.5, 0.6) is 0 Å². The lowest BCUT2D eigenvalue weighted by molar-refractivity contribution is -0.163. The Hall–Kier alpha value is -0.610.